The van der Waals surface area contributed by atoms with E-state index < -0.39 is 10.1 Å². The molecule has 0 bridgehead atoms. The molecule has 0 spiro atoms. The molecule has 0 radical (unpaired) electrons. The van der Waals surface area contributed by atoms with Crippen molar-refractivity contribution in [1.82, 2.24) is 0 Å². The summed E-state index contributed by atoms with van der Waals surface area (Å²) in [6, 6.07) is 5.93. The van der Waals surface area contributed by atoms with E-state index in [2.05, 4.69) is 6.58 Å². The van der Waals surface area contributed by atoms with Gasteiger partial charge in [0.05, 0.1) is 4.90 Å². The smallest absolute Gasteiger partial charge is 0.744 e. The molecule has 0 unspecified atom stereocenters. The first-order valence-corrected chi connectivity index (χ1v) is 4.64. The summed E-state index contributed by atoms with van der Waals surface area (Å²) < 4.78 is 31.8. The number of hydrogen-bond donors (Lipinski definition) is 0. The fourth-order valence-electron chi connectivity index (χ4n) is 0.877. The Morgan fingerprint density at radius 1 is 1.31 bits per heavy atom. The Hall–Kier alpha value is 0.675. The second-order valence-corrected chi connectivity index (χ2v) is 3.54. The molecule has 0 aliphatic heterocycles. The van der Waals surface area contributed by atoms with Crippen LogP contribution in [0.2, 0.25) is 0 Å². The van der Waals surface area contributed by atoms with Gasteiger partial charge >= 0.3 is 58.2 Å². The first kappa shape index (κ1) is 13.7. The molecule has 1 rings (SSSR count). The van der Waals surface area contributed by atoms with E-state index in [0.29, 0.717) is 5.56 Å². The molecule has 1 aromatic rings. The van der Waals surface area contributed by atoms with E-state index >= 15 is 0 Å². The van der Waals surface area contributed by atoms with E-state index in [-0.39, 0.29) is 63.1 Å². The van der Waals surface area contributed by atoms with Crippen molar-refractivity contribution < 1.29 is 71.2 Å². The first-order chi connectivity index (χ1) is 5.55. The van der Waals surface area contributed by atoms with Gasteiger partial charge in [-0.3, -0.25) is 0 Å². The van der Waals surface area contributed by atoms with Gasteiger partial charge in [-0.15, -0.1) is 0 Å². The molecule has 0 N–H and O–H groups in total. The average molecular weight is 269 g/mol. The quantitative estimate of drug-likeness (QED) is 0.597. The Morgan fingerprint density at radius 2 is 1.85 bits per heavy atom. The number of hydrogen-bond acceptors (Lipinski definition) is 3. The summed E-state index contributed by atoms with van der Waals surface area (Å²) in [6.07, 6.45) is 1.34. The summed E-state index contributed by atoms with van der Waals surface area (Å²) in [5, 5.41) is 0. The Morgan fingerprint density at radius 3 is 2.23 bits per heavy atom. The molecule has 0 saturated heterocycles. The van der Waals surface area contributed by atoms with Crippen molar-refractivity contribution in [1.29, 1.82) is 0 Å². The van der Waals surface area contributed by atoms with Crippen molar-refractivity contribution in [3.8, 4) is 0 Å². The maximum absolute atomic E-state index is 10.6. The van der Waals surface area contributed by atoms with Crippen LogP contribution in [0.1, 0.15) is 5.56 Å². The molecule has 0 aromatic heterocycles. The van der Waals surface area contributed by atoms with Gasteiger partial charge in [0.25, 0.3) is 0 Å². The van der Waals surface area contributed by atoms with Crippen LogP contribution >= 0.6 is 0 Å². The summed E-state index contributed by atoms with van der Waals surface area (Å²) in [4.78, 5) is -0.222. The monoisotopic (exact) mass is 268 g/mol. The minimum atomic E-state index is -4.37. The van der Waals surface area contributed by atoms with Crippen LogP contribution in [-0.2, 0) is 10.1 Å². The van der Waals surface area contributed by atoms with Gasteiger partial charge in [-0.05, 0) is 11.6 Å². The zero-order valence-corrected chi connectivity index (χ0v) is 13.0. The van der Waals surface area contributed by atoms with Crippen LogP contribution in [0.5, 0.6) is 0 Å². The molecule has 0 aliphatic carbocycles. The van der Waals surface area contributed by atoms with Gasteiger partial charge in [-0.2, -0.15) is 0 Å². The zero-order valence-electron chi connectivity index (χ0n) is 7.23. The summed E-state index contributed by atoms with van der Waals surface area (Å²) in [6.45, 7) is 3.40. The normalized spacial score (nSPS) is 10.2. The van der Waals surface area contributed by atoms with E-state index in [1.54, 1.807) is 6.07 Å². The largest absolute Gasteiger partial charge is 1.00 e. The van der Waals surface area contributed by atoms with E-state index in [0.717, 1.165) is 0 Å². The zero-order chi connectivity index (χ0) is 9.19. The minimum Gasteiger partial charge on any atom is -0.744 e. The van der Waals surface area contributed by atoms with Gasteiger partial charge in [0.15, 0.2) is 0 Å². The maximum atomic E-state index is 10.6. The van der Waals surface area contributed by atoms with Crippen LogP contribution in [-0.4, -0.2) is 13.0 Å². The predicted molar refractivity (Wildman–Crippen MR) is 44.5 cm³/mol. The van der Waals surface area contributed by atoms with E-state index in [4.69, 9.17) is 0 Å². The second-order valence-electron chi connectivity index (χ2n) is 2.20. The molecular weight excluding hydrogens is 262 g/mol. The molecule has 0 fully saturated rings. The van der Waals surface area contributed by atoms with Crippen molar-refractivity contribution in [2.45, 2.75) is 4.90 Å². The molecule has 5 heteroatoms. The Bertz CT molecular complexity index is 398. The van der Waals surface area contributed by atoms with Crippen LogP contribution in [0.15, 0.2) is 35.7 Å². The molecule has 0 amide bonds. The molecule has 0 atom stereocenters. The van der Waals surface area contributed by atoms with Gasteiger partial charge < -0.3 is 4.55 Å². The minimum absolute atomic E-state index is 0. The summed E-state index contributed by atoms with van der Waals surface area (Å²) in [5.74, 6) is 0. The molecule has 64 valence electrons. The summed E-state index contributed by atoms with van der Waals surface area (Å²) in [5.41, 5.74) is 0.340. The third-order valence-electron chi connectivity index (χ3n) is 1.41. The predicted octanol–water partition coefficient (Wildman–Crippen LogP) is -1.76. The van der Waals surface area contributed by atoms with Crippen LogP contribution in [0.4, 0.5) is 0 Å². The molecular formula is C8H7O3RbS. The SMILES string of the molecule is C=Cc1ccccc1S(=O)(=O)[O-].[Rb+]. The van der Waals surface area contributed by atoms with Crippen LogP contribution in [0.25, 0.3) is 6.08 Å². The summed E-state index contributed by atoms with van der Waals surface area (Å²) >= 11 is 0. The average Bonchev–Trinajstić information content (AvgIpc) is 2.03. The van der Waals surface area contributed by atoms with Gasteiger partial charge in [0.1, 0.15) is 10.1 Å². The van der Waals surface area contributed by atoms with Crippen molar-refractivity contribution in [2.75, 3.05) is 0 Å². The molecule has 0 heterocycles. The molecule has 0 aliphatic rings. The molecule has 0 saturated carbocycles. The van der Waals surface area contributed by atoms with Crippen LogP contribution in [0.3, 0.4) is 0 Å². The summed E-state index contributed by atoms with van der Waals surface area (Å²) in [7, 11) is -4.37. The van der Waals surface area contributed by atoms with Crippen molar-refractivity contribution in [2.24, 2.45) is 0 Å². The fourth-order valence-corrected chi connectivity index (χ4v) is 1.56. The van der Waals surface area contributed by atoms with Gasteiger partial charge in [-0.1, -0.05) is 30.9 Å². The van der Waals surface area contributed by atoms with Gasteiger partial charge in [0.2, 0.25) is 0 Å². The molecule has 1 aromatic carbocycles. The third-order valence-corrected chi connectivity index (χ3v) is 2.32. The standard InChI is InChI=1S/C8H8O3S.Rb/c1-2-7-5-3-4-6-8(7)12(9,10)11;/h2-6H,1H2,(H,9,10,11);/q;+1/p-1. The van der Waals surface area contributed by atoms with Crippen molar-refractivity contribution >= 4 is 16.2 Å². The molecule has 13 heavy (non-hydrogen) atoms. The second kappa shape index (κ2) is 5.53. The Balaban J connectivity index is 0.00000144. The van der Waals surface area contributed by atoms with E-state index in [9.17, 15) is 13.0 Å². The topological polar surface area (TPSA) is 57.2 Å². The van der Waals surface area contributed by atoms with Crippen LogP contribution in [0, 0.1) is 0 Å². The van der Waals surface area contributed by atoms with Gasteiger partial charge in [0, 0.05) is 0 Å². The number of rotatable bonds is 2. The van der Waals surface area contributed by atoms with E-state index in [1.807, 2.05) is 0 Å². The molecule has 3 nitrogen and oxygen atoms in total. The van der Waals surface area contributed by atoms with E-state index in [1.165, 1.54) is 24.3 Å². The number of benzene rings is 1. The fraction of sp³-hybridized carbons (Fsp3) is 0. The maximum Gasteiger partial charge on any atom is 1.00 e. The Kier molecular flexibility index (Phi) is 5.82. The first-order valence-electron chi connectivity index (χ1n) is 3.23. The van der Waals surface area contributed by atoms with Crippen molar-refractivity contribution in [3.63, 3.8) is 0 Å². The van der Waals surface area contributed by atoms with Crippen LogP contribution < -0.4 is 58.2 Å². The Labute approximate surface area is 126 Å². The van der Waals surface area contributed by atoms with Gasteiger partial charge in [-0.25, -0.2) is 8.42 Å². The third kappa shape index (κ3) is 3.73. The van der Waals surface area contributed by atoms with Crippen molar-refractivity contribution in [3.05, 3.63) is 36.4 Å².